The highest BCUT2D eigenvalue weighted by molar-refractivity contribution is 6.30. The summed E-state index contributed by atoms with van der Waals surface area (Å²) in [6, 6.07) is 25.1. The SMILES string of the molecule is O=C(CCC(=O)Nc1cccc(Cl)c1)N/N=C\c1c2ccccc2cc2ccccc12. The third-order valence-electron chi connectivity index (χ3n) is 4.88. The zero-order chi connectivity index (χ0) is 21.6. The summed E-state index contributed by atoms with van der Waals surface area (Å²) >= 11 is 5.90. The highest BCUT2D eigenvalue weighted by Crippen LogP contribution is 2.27. The lowest BCUT2D eigenvalue weighted by molar-refractivity contribution is -0.124. The van der Waals surface area contributed by atoms with Crippen LogP contribution in [0.3, 0.4) is 0 Å². The maximum Gasteiger partial charge on any atom is 0.240 e. The van der Waals surface area contributed by atoms with Gasteiger partial charge in [0.05, 0.1) is 6.21 Å². The van der Waals surface area contributed by atoms with Crippen molar-refractivity contribution in [2.75, 3.05) is 5.32 Å². The molecule has 6 heteroatoms. The summed E-state index contributed by atoms with van der Waals surface area (Å²) in [5, 5.41) is 11.7. The van der Waals surface area contributed by atoms with Gasteiger partial charge in [0.1, 0.15) is 0 Å². The van der Waals surface area contributed by atoms with Crippen molar-refractivity contribution in [3.63, 3.8) is 0 Å². The number of anilines is 1. The van der Waals surface area contributed by atoms with E-state index in [1.54, 1.807) is 30.5 Å². The molecule has 0 aliphatic rings. The summed E-state index contributed by atoms with van der Waals surface area (Å²) < 4.78 is 0. The molecular formula is C25H20ClN3O2. The smallest absolute Gasteiger partial charge is 0.240 e. The van der Waals surface area contributed by atoms with Crippen LogP contribution in [0.25, 0.3) is 21.5 Å². The number of rotatable bonds is 6. The lowest BCUT2D eigenvalue weighted by Gasteiger charge is -2.08. The molecule has 0 unspecified atom stereocenters. The van der Waals surface area contributed by atoms with Crippen molar-refractivity contribution in [2.45, 2.75) is 12.8 Å². The Kier molecular flexibility index (Phi) is 6.24. The number of hydrazone groups is 1. The van der Waals surface area contributed by atoms with E-state index in [0.717, 1.165) is 27.1 Å². The van der Waals surface area contributed by atoms with E-state index in [2.05, 4.69) is 34.0 Å². The molecule has 0 aliphatic carbocycles. The molecule has 0 spiro atoms. The average molecular weight is 430 g/mol. The lowest BCUT2D eigenvalue weighted by atomic mass is 9.97. The highest BCUT2D eigenvalue weighted by atomic mass is 35.5. The van der Waals surface area contributed by atoms with Gasteiger partial charge >= 0.3 is 0 Å². The van der Waals surface area contributed by atoms with Gasteiger partial charge in [-0.2, -0.15) is 5.10 Å². The number of nitrogens with zero attached hydrogens (tertiary/aromatic N) is 1. The molecule has 0 atom stereocenters. The fraction of sp³-hybridized carbons (Fsp3) is 0.0800. The van der Waals surface area contributed by atoms with Gasteiger partial charge in [-0.3, -0.25) is 9.59 Å². The van der Waals surface area contributed by atoms with Crippen LogP contribution in [0.4, 0.5) is 5.69 Å². The number of hydrogen-bond acceptors (Lipinski definition) is 3. The minimum atomic E-state index is -0.331. The minimum absolute atomic E-state index is 0.0278. The monoisotopic (exact) mass is 429 g/mol. The van der Waals surface area contributed by atoms with Crippen LogP contribution in [-0.2, 0) is 9.59 Å². The molecule has 0 aromatic heterocycles. The fourth-order valence-corrected chi connectivity index (χ4v) is 3.62. The van der Waals surface area contributed by atoms with E-state index < -0.39 is 0 Å². The van der Waals surface area contributed by atoms with Gasteiger partial charge < -0.3 is 5.32 Å². The van der Waals surface area contributed by atoms with Gasteiger partial charge in [0.25, 0.3) is 0 Å². The molecule has 0 saturated carbocycles. The Morgan fingerprint density at radius 3 is 2.13 bits per heavy atom. The number of nitrogens with one attached hydrogen (secondary N) is 2. The van der Waals surface area contributed by atoms with E-state index >= 15 is 0 Å². The molecular weight excluding hydrogens is 410 g/mol. The molecule has 4 aromatic rings. The first kappa shape index (κ1) is 20.6. The largest absolute Gasteiger partial charge is 0.326 e. The third-order valence-corrected chi connectivity index (χ3v) is 5.12. The normalized spacial score (nSPS) is 11.1. The number of amides is 2. The molecule has 2 amide bonds. The highest BCUT2D eigenvalue weighted by Gasteiger charge is 2.08. The van der Waals surface area contributed by atoms with E-state index in [9.17, 15) is 9.59 Å². The molecule has 0 bridgehead atoms. The van der Waals surface area contributed by atoms with Gasteiger partial charge in [-0.25, -0.2) is 5.43 Å². The van der Waals surface area contributed by atoms with Crippen LogP contribution in [0.5, 0.6) is 0 Å². The number of fused-ring (bicyclic) bond motifs is 2. The zero-order valence-corrected chi connectivity index (χ0v) is 17.4. The van der Waals surface area contributed by atoms with Gasteiger partial charge in [0, 0.05) is 29.1 Å². The van der Waals surface area contributed by atoms with Crippen LogP contribution < -0.4 is 10.7 Å². The van der Waals surface area contributed by atoms with Crippen molar-refractivity contribution in [2.24, 2.45) is 5.10 Å². The topological polar surface area (TPSA) is 70.6 Å². The predicted octanol–water partition coefficient (Wildman–Crippen LogP) is 5.52. The second-order valence-corrected chi connectivity index (χ2v) is 7.52. The van der Waals surface area contributed by atoms with E-state index in [1.807, 2.05) is 36.4 Å². The Bertz CT molecular complexity index is 1250. The first-order chi connectivity index (χ1) is 15.1. The Morgan fingerprint density at radius 1 is 0.806 bits per heavy atom. The summed E-state index contributed by atoms with van der Waals surface area (Å²) in [6.07, 6.45) is 1.74. The van der Waals surface area contributed by atoms with Gasteiger partial charge in [0.15, 0.2) is 0 Å². The number of carbonyl (C=O) groups is 2. The number of hydrogen-bond donors (Lipinski definition) is 2. The van der Waals surface area contributed by atoms with Crippen LogP contribution in [0.15, 0.2) is 84.0 Å². The van der Waals surface area contributed by atoms with Gasteiger partial charge in [-0.15, -0.1) is 0 Å². The van der Waals surface area contributed by atoms with Gasteiger partial charge in [-0.05, 0) is 45.8 Å². The molecule has 5 nitrogen and oxygen atoms in total. The summed E-state index contributed by atoms with van der Waals surface area (Å²) in [5.41, 5.74) is 4.05. The Labute approximate surface area is 184 Å². The maximum atomic E-state index is 12.1. The van der Waals surface area contributed by atoms with Crippen molar-refractivity contribution in [1.82, 2.24) is 5.43 Å². The Morgan fingerprint density at radius 2 is 1.45 bits per heavy atom. The molecule has 154 valence electrons. The van der Waals surface area contributed by atoms with Crippen molar-refractivity contribution in [1.29, 1.82) is 0 Å². The summed E-state index contributed by atoms with van der Waals surface area (Å²) in [7, 11) is 0. The summed E-state index contributed by atoms with van der Waals surface area (Å²) in [6.45, 7) is 0. The van der Waals surface area contributed by atoms with Crippen molar-refractivity contribution < 1.29 is 9.59 Å². The minimum Gasteiger partial charge on any atom is -0.326 e. The van der Waals surface area contributed by atoms with Crippen molar-refractivity contribution in [3.8, 4) is 0 Å². The van der Waals surface area contributed by atoms with Crippen molar-refractivity contribution >= 4 is 56.9 Å². The van der Waals surface area contributed by atoms with E-state index in [4.69, 9.17) is 11.6 Å². The standard InChI is InChI=1S/C25H20ClN3O2/c26-19-8-5-9-20(15-19)28-24(30)12-13-25(31)29-27-16-23-21-10-3-1-6-17(21)14-18-7-2-4-11-22(18)23/h1-11,14-16H,12-13H2,(H,28,30)(H,29,31)/b27-16-. The molecule has 0 saturated heterocycles. The summed E-state index contributed by atoms with van der Waals surface area (Å²) in [4.78, 5) is 24.2. The van der Waals surface area contributed by atoms with Crippen molar-refractivity contribution in [3.05, 3.63) is 89.4 Å². The molecule has 4 rings (SSSR count). The molecule has 4 aromatic carbocycles. The average Bonchev–Trinajstić information content (AvgIpc) is 2.77. The van der Waals surface area contributed by atoms with E-state index in [1.165, 1.54) is 0 Å². The lowest BCUT2D eigenvalue weighted by Crippen LogP contribution is -2.20. The first-order valence-electron chi connectivity index (χ1n) is 9.88. The maximum absolute atomic E-state index is 12.1. The van der Waals surface area contributed by atoms with Gasteiger partial charge in [0.2, 0.25) is 11.8 Å². The second-order valence-electron chi connectivity index (χ2n) is 7.08. The molecule has 31 heavy (non-hydrogen) atoms. The van der Waals surface area contributed by atoms with E-state index in [-0.39, 0.29) is 24.7 Å². The number of benzene rings is 4. The van der Waals surface area contributed by atoms with Crippen LogP contribution >= 0.6 is 11.6 Å². The fourth-order valence-electron chi connectivity index (χ4n) is 3.43. The molecule has 0 fully saturated rings. The van der Waals surface area contributed by atoms with Gasteiger partial charge in [-0.1, -0.05) is 66.2 Å². The van der Waals surface area contributed by atoms with Crippen LogP contribution in [0, 0.1) is 0 Å². The number of halogens is 1. The van der Waals surface area contributed by atoms with Crippen LogP contribution in [-0.4, -0.2) is 18.0 Å². The predicted molar refractivity (Wildman–Crippen MR) is 127 cm³/mol. The zero-order valence-electron chi connectivity index (χ0n) is 16.6. The van der Waals surface area contributed by atoms with E-state index in [0.29, 0.717) is 10.7 Å². The van der Waals surface area contributed by atoms with Crippen LogP contribution in [0.2, 0.25) is 5.02 Å². The second kappa shape index (κ2) is 9.41. The first-order valence-corrected chi connectivity index (χ1v) is 10.3. The Balaban J connectivity index is 1.41. The molecule has 0 heterocycles. The quantitative estimate of drug-likeness (QED) is 0.241. The third kappa shape index (κ3) is 5.08. The molecule has 2 N–H and O–H groups in total. The Hall–Kier alpha value is -3.70. The molecule has 0 aliphatic heterocycles. The summed E-state index contributed by atoms with van der Waals surface area (Å²) in [5.74, 6) is -0.594. The van der Waals surface area contributed by atoms with Crippen LogP contribution in [0.1, 0.15) is 18.4 Å². The number of carbonyl (C=O) groups excluding carboxylic acids is 2. The molecule has 0 radical (unpaired) electrons.